The minimum Gasteiger partial charge on any atom is -0.494 e. The molecule has 164 valence electrons. The van der Waals surface area contributed by atoms with Crippen molar-refractivity contribution in [2.75, 3.05) is 6.61 Å². The summed E-state index contributed by atoms with van der Waals surface area (Å²) in [5, 5.41) is 12.2. The van der Waals surface area contributed by atoms with Crippen molar-refractivity contribution in [3.8, 4) is 5.75 Å². The van der Waals surface area contributed by atoms with Crippen LogP contribution in [0, 0.1) is 0 Å². The minimum absolute atomic E-state index is 0.129. The van der Waals surface area contributed by atoms with Crippen molar-refractivity contribution in [1.29, 1.82) is 0 Å². The smallest absolute Gasteiger partial charge is 0.239 e. The van der Waals surface area contributed by atoms with Crippen molar-refractivity contribution in [2.24, 2.45) is 10.2 Å². The largest absolute Gasteiger partial charge is 0.494 e. The van der Waals surface area contributed by atoms with Crippen LogP contribution in [0.5, 0.6) is 5.75 Å². The van der Waals surface area contributed by atoms with Crippen molar-refractivity contribution >= 4 is 52.3 Å². The van der Waals surface area contributed by atoms with Crippen LogP contribution < -0.4 is 10.1 Å². The summed E-state index contributed by atoms with van der Waals surface area (Å²) < 4.78 is 5.74. The summed E-state index contributed by atoms with van der Waals surface area (Å²) in [6.45, 7) is 2.93. The zero-order chi connectivity index (χ0) is 22.1. The first-order valence-corrected chi connectivity index (χ1v) is 11.9. The molecule has 2 aromatic carbocycles. The Bertz CT molecular complexity index is 928. The molecule has 0 bridgehead atoms. The van der Waals surface area contributed by atoms with Gasteiger partial charge in [0.15, 0.2) is 5.17 Å². The number of thioether (sulfide) groups is 1. The molecule has 1 fully saturated rings. The Balaban J connectivity index is 1.51. The number of nitrogens with zero attached hydrogens (tertiary/aromatic N) is 2. The van der Waals surface area contributed by atoms with Crippen molar-refractivity contribution < 1.29 is 9.53 Å². The summed E-state index contributed by atoms with van der Waals surface area (Å²) in [4.78, 5) is 12.3. The summed E-state index contributed by atoms with van der Waals surface area (Å²) in [7, 11) is 0. The number of hydrogen-bond donors (Lipinski definition) is 1. The lowest BCUT2D eigenvalue weighted by Crippen LogP contribution is -2.26. The second kappa shape index (κ2) is 12.1. The second-order valence-corrected chi connectivity index (χ2v) is 9.13. The molecule has 0 aromatic heterocycles. The van der Waals surface area contributed by atoms with Gasteiger partial charge in [-0.3, -0.25) is 4.79 Å². The van der Waals surface area contributed by atoms with E-state index in [1.807, 2.05) is 24.3 Å². The third-order valence-electron chi connectivity index (χ3n) is 4.73. The number of halogens is 2. The van der Waals surface area contributed by atoms with Crippen LogP contribution in [0.25, 0.3) is 0 Å². The van der Waals surface area contributed by atoms with E-state index in [-0.39, 0.29) is 11.2 Å². The number of hydrogen-bond acceptors (Lipinski definition) is 5. The fraction of sp³-hybridized carbons (Fsp3) is 0.348. The Labute approximate surface area is 197 Å². The molecule has 1 atom stereocenters. The quantitative estimate of drug-likeness (QED) is 0.254. The molecule has 8 heteroatoms. The molecule has 1 amide bonds. The Morgan fingerprint density at radius 2 is 1.84 bits per heavy atom. The maximum atomic E-state index is 12.3. The van der Waals surface area contributed by atoms with Crippen molar-refractivity contribution in [3.05, 3.63) is 63.6 Å². The van der Waals surface area contributed by atoms with Gasteiger partial charge >= 0.3 is 0 Å². The highest BCUT2D eigenvalue weighted by atomic mass is 35.5. The molecule has 1 aliphatic heterocycles. The first-order chi connectivity index (χ1) is 15.1. The summed E-state index contributed by atoms with van der Waals surface area (Å²) in [5.41, 5.74) is 1.66. The topological polar surface area (TPSA) is 63.1 Å². The lowest BCUT2D eigenvalue weighted by Gasteiger charge is -2.09. The van der Waals surface area contributed by atoms with Crippen molar-refractivity contribution in [3.63, 3.8) is 0 Å². The zero-order valence-corrected chi connectivity index (χ0v) is 19.6. The fourth-order valence-corrected chi connectivity index (χ4v) is 4.51. The predicted octanol–water partition coefficient (Wildman–Crippen LogP) is 6.12. The van der Waals surface area contributed by atoms with E-state index in [9.17, 15) is 4.79 Å². The monoisotopic (exact) mass is 477 g/mol. The maximum Gasteiger partial charge on any atom is 0.239 e. The summed E-state index contributed by atoms with van der Waals surface area (Å²) in [6, 6.07) is 13.0. The molecule has 3 rings (SSSR count). The van der Waals surface area contributed by atoms with Gasteiger partial charge in [-0.05, 0) is 60.4 Å². The number of unbranched alkanes of at least 4 members (excludes halogenated alkanes) is 3. The third kappa shape index (κ3) is 7.27. The Hall–Kier alpha value is -2.02. The molecule has 5 nitrogen and oxygen atoms in total. The molecule has 0 aliphatic carbocycles. The van der Waals surface area contributed by atoms with E-state index >= 15 is 0 Å². The van der Waals surface area contributed by atoms with Gasteiger partial charge in [-0.25, -0.2) is 0 Å². The van der Waals surface area contributed by atoms with Gasteiger partial charge in [-0.15, -0.1) is 5.10 Å². The van der Waals surface area contributed by atoms with Crippen LogP contribution >= 0.6 is 35.0 Å². The van der Waals surface area contributed by atoms with Gasteiger partial charge in [-0.1, -0.05) is 67.2 Å². The Kier molecular flexibility index (Phi) is 9.25. The van der Waals surface area contributed by atoms with E-state index in [2.05, 4.69) is 22.4 Å². The van der Waals surface area contributed by atoms with Crippen LogP contribution in [0.3, 0.4) is 0 Å². The number of amidine groups is 1. The van der Waals surface area contributed by atoms with Gasteiger partial charge in [0.25, 0.3) is 0 Å². The van der Waals surface area contributed by atoms with E-state index in [1.165, 1.54) is 31.0 Å². The van der Waals surface area contributed by atoms with Gasteiger partial charge in [0, 0.05) is 10.0 Å². The van der Waals surface area contributed by atoms with E-state index in [0.717, 1.165) is 29.9 Å². The van der Waals surface area contributed by atoms with Crippen LogP contribution in [0.1, 0.15) is 43.7 Å². The molecule has 0 radical (unpaired) electrons. The number of nitrogens with one attached hydrogen (secondary N) is 1. The highest BCUT2D eigenvalue weighted by molar-refractivity contribution is 8.15. The number of benzene rings is 2. The van der Waals surface area contributed by atoms with Crippen LogP contribution in [-0.2, 0) is 11.2 Å². The van der Waals surface area contributed by atoms with E-state index in [4.69, 9.17) is 27.9 Å². The summed E-state index contributed by atoms with van der Waals surface area (Å²) in [5.74, 6) is 0.718. The first kappa shape index (κ1) is 23.6. The van der Waals surface area contributed by atoms with Gasteiger partial charge < -0.3 is 10.1 Å². The summed E-state index contributed by atoms with van der Waals surface area (Å²) >= 11 is 13.8. The van der Waals surface area contributed by atoms with Gasteiger partial charge in [0.1, 0.15) is 5.75 Å². The highest BCUT2D eigenvalue weighted by Crippen LogP contribution is 2.30. The number of carbonyl (C=O) groups excluding carboxylic acids is 1. The van der Waals surface area contributed by atoms with Crippen LogP contribution in [0.2, 0.25) is 10.0 Å². The van der Waals surface area contributed by atoms with Gasteiger partial charge in [-0.2, -0.15) is 5.10 Å². The van der Waals surface area contributed by atoms with E-state index < -0.39 is 0 Å². The summed E-state index contributed by atoms with van der Waals surface area (Å²) in [6.07, 6.45) is 6.80. The van der Waals surface area contributed by atoms with Gasteiger partial charge in [0.05, 0.1) is 18.1 Å². The maximum absolute atomic E-state index is 12.3. The van der Waals surface area contributed by atoms with Gasteiger partial charge in [0.2, 0.25) is 5.91 Å². The first-order valence-electron chi connectivity index (χ1n) is 10.3. The lowest BCUT2D eigenvalue weighted by molar-refractivity contribution is -0.118. The Morgan fingerprint density at radius 3 is 2.55 bits per heavy atom. The fourth-order valence-electron chi connectivity index (χ4n) is 3.02. The van der Waals surface area contributed by atoms with E-state index in [0.29, 0.717) is 21.6 Å². The molecule has 1 heterocycles. The number of carbonyl (C=O) groups is 1. The molecule has 1 N–H and O–H groups in total. The third-order valence-corrected chi connectivity index (χ3v) is 6.51. The van der Waals surface area contributed by atoms with Crippen LogP contribution in [0.15, 0.2) is 52.7 Å². The molecule has 2 aromatic rings. The SMILES string of the molecule is CCCCCCOc1ccc(/C=N/N=C2/NC(=O)C(Cc3c(Cl)cccc3Cl)S2)cc1. The predicted molar refractivity (Wildman–Crippen MR) is 131 cm³/mol. The zero-order valence-electron chi connectivity index (χ0n) is 17.3. The lowest BCUT2D eigenvalue weighted by atomic mass is 10.1. The molecular formula is C23H25Cl2N3O2S. The standard InChI is InChI=1S/C23H25Cl2N3O2S/c1-2-3-4-5-13-30-17-11-9-16(10-12-17)15-26-28-23-27-22(29)21(31-23)14-18-19(24)7-6-8-20(18)25/h6-12,15,21H,2-5,13-14H2,1H3,(H,27,28,29)/b26-15+. The average molecular weight is 478 g/mol. The van der Waals surface area contributed by atoms with E-state index in [1.54, 1.807) is 24.4 Å². The number of amides is 1. The highest BCUT2D eigenvalue weighted by Gasteiger charge is 2.31. The number of ether oxygens (including phenoxy) is 1. The molecule has 0 saturated carbocycles. The normalized spacial score (nSPS) is 17.5. The van der Waals surface area contributed by atoms with Crippen molar-refractivity contribution in [1.82, 2.24) is 5.32 Å². The molecule has 1 saturated heterocycles. The molecular weight excluding hydrogens is 453 g/mol. The van der Waals surface area contributed by atoms with Crippen molar-refractivity contribution in [2.45, 2.75) is 44.3 Å². The molecule has 1 aliphatic rings. The number of rotatable bonds is 10. The second-order valence-electron chi connectivity index (χ2n) is 7.13. The minimum atomic E-state index is -0.347. The van der Waals surface area contributed by atoms with Crippen LogP contribution in [-0.4, -0.2) is 29.1 Å². The Morgan fingerprint density at radius 1 is 1.10 bits per heavy atom. The molecule has 1 unspecified atom stereocenters. The average Bonchev–Trinajstić information content (AvgIpc) is 3.11. The van der Waals surface area contributed by atoms with Crippen LogP contribution in [0.4, 0.5) is 0 Å². The molecule has 31 heavy (non-hydrogen) atoms. The molecule has 0 spiro atoms.